The molecular weight excluding hydrogens is 318 g/mol. The monoisotopic (exact) mass is 347 g/mol. The number of carbonyl (C=O) groups excluding carboxylic acids is 2. The molecular formula is C19H29N3O3. The normalized spacial score (nSPS) is 27.9. The van der Waals surface area contributed by atoms with Crippen molar-refractivity contribution >= 4 is 11.8 Å². The van der Waals surface area contributed by atoms with Gasteiger partial charge < -0.3 is 14.6 Å². The average molecular weight is 347 g/mol. The van der Waals surface area contributed by atoms with E-state index >= 15 is 0 Å². The molecule has 2 amide bonds. The highest BCUT2D eigenvalue weighted by Crippen LogP contribution is 2.29. The van der Waals surface area contributed by atoms with E-state index in [0.717, 1.165) is 19.5 Å². The van der Waals surface area contributed by atoms with Gasteiger partial charge in [0.25, 0.3) is 5.91 Å². The lowest BCUT2D eigenvalue weighted by molar-refractivity contribution is -0.124. The molecule has 2 fully saturated rings. The minimum absolute atomic E-state index is 0.00266. The Labute approximate surface area is 149 Å². The molecule has 1 saturated heterocycles. The van der Waals surface area contributed by atoms with Crippen molar-refractivity contribution in [3.8, 4) is 0 Å². The molecule has 0 bridgehead atoms. The van der Waals surface area contributed by atoms with Crippen LogP contribution >= 0.6 is 0 Å². The molecule has 0 aromatic carbocycles. The van der Waals surface area contributed by atoms with E-state index in [-0.39, 0.29) is 11.8 Å². The van der Waals surface area contributed by atoms with Crippen molar-refractivity contribution in [3.05, 3.63) is 24.2 Å². The Morgan fingerprint density at radius 2 is 1.96 bits per heavy atom. The fraction of sp³-hybridized carbons (Fsp3) is 0.684. The summed E-state index contributed by atoms with van der Waals surface area (Å²) in [6.07, 6.45) is 6.55. The fourth-order valence-electron chi connectivity index (χ4n) is 3.92. The topological polar surface area (TPSA) is 65.8 Å². The number of furan rings is 1. The molecule has 6 nitrogen and oxygen atoms in total. The van der Waals surface area contributed by atoms with E-state index in [1.54, 1.807) is 6.07 Å². The number of nitrogens with one attached hydrogen (secondary N) is 1. The molecule has 6 heteroatoms. The van der Waals surface area contributed by atoms with Crippen molar-refractivity contribution in [2.24, 2.45) is 11.8 Å². The Bertz CT molecular complexity index is 579. The molecule has 2 heterocycles. The Kier molecular flexibility index (Phi) is 5.78. The second-order valence-electron chi connectivity index (χ2n) is 7.52. The molecule has 2 aliphatic rings. The van der Waals surface area contributed by atoms with Gasteiger partial charge in [-0.15, -0.1) is 0 Å². The summed E-state index contributed by atoms with van der Waals surface area (Å²) in [5.41, 5.74) is 0.589. The number of rotatable bonds is 4. The lowest BCUT2D eigenvalue weighted by atomic mass is 9.78. The molecule has 1 aromatic heterocycles. The van der Waals surface area contributed by atoms with E-state index in [1.807, 2.05) is 4.90 Å². The minimum atomic E-state index is 0.00266. The molecule has 25 heavy (non-hydrogen) atoms. The van der Waals surface area contributed by atoms with Crippen LogP contribution in [0.1, 0.15) is 43.5 Å². The van der Waals surface area contributed by atoms with Crippen LogP contribution in [0.2, 0.25) is 0 Å². The largest absolute Gasteiger partial charge is 0.472 e. The van der Waals surface area contributed by atoms with Crippen LogP contribution < -0.4 is 5.32 Å². The quantitative estimate of drug-likeness (QED) is 0.904. The molecule has 0 radical (unpaired) electrons. The van der Waals surface area contributed by atoms with Gasteiger partial charge in [0.15, 0.2) is 0 Å². The third-order valence-corrected chi connectivity index (χ3v) is 5.85. The summed E-state index contributed by atoms with van der Waals surface area (Å²) in [6.45, 7) is 7.70. The number of hydrogen-bond donors (Lipinski definition) is 1. The number of nitrogens with zero attached hydrogens (tertiary/aromatic N) is 2. The van der Waals surface area contributed by atoms with Crippen molar-refractivity contribution in [3.63, 3.8) is 0 Å². The highest BCUT2D eigenvalue weighted by molar-refractivity contribution is 5.93. The van der Waals surface area contributed by atoms with Gasteiger partial charge in [-0.2, -0.15) is 0 Å². The van der Waals surface area contributed by atoms with Gasteiger partial charge in [0.1, 0.15) is 6.26 Å². The summed E-state index contributed by atoms with van der Waals surface area (Å²) < 4.78 is 4.98. The maximum absolute atomic E-state index is 12.4. The predicted molar refractivity (Wildman–Crippen MR) is 95.2 cm³/mol. The number of piperazine rings is 1. The van der Waals surface area contributed by atoms with Crippen molar-refractivity contribution in [2.75, 3.05) is 32.7 Å². The van der Waals surface area contributed by atoms with Gasteiger partial charge in [-0.1, -0.05) is 26.7 Å². The van der Waals surface area contributed by atoms with Gasteiger partial charge in [0.05, 0.1) is 18.4 Å². The number of hydrogen-bond acceptors (Lipinski definition) is 4. The number of amides is 2. The zero-order chi connectivity index (χ0) is 17.8. The molecule has 3 rings (SSSR count). The third kappa shape index (κ3) is 4.42. The molecule has 1 N–H and O–H groups in total. The predicted octanol–water partition coefficient (Wildman–Crippen LogP) is 1.98. The summed E-state index contributed by atoms with van der Waals surface area (Å²) >= 11 is 0. The Balaban J connectivity index is 1.42. The maximum Gasteiger partial charge on any atom is 0.257 e. The van der Waals surface area contributed by atoms with Crippen molar-refractivity contribution in [1.29, 1.82) is 0 Å². The third-order valence-electron chi connectivity index (χ3n) is 5.85. The van der Waals surface area contributed by atoms with E-state index in [0.29, 0.717) is 43.1 Å². The van der Waals surface area contributed by atoms with Crippen LogP contribution in [0.5, 0.6) is 0 Å². The van der Waals surface area contributed by atoms with Gasteiger partial charge >= 0.3 is 0 Å². The fourth-order valence-corrected chi connectivity index (χ4v) is 3.92. The first-order valence-corrected chi connectivity index (χ1v) is 9.38. The minimum Gasteiger partial charge on any atom is -0.472 e. The van der Waals surface area contributed by atoms with Crippen LogP contribution in [-0.2, 0) is 4.79 Å². The standard InChI is InChI=1S/C19H29N3O3/c1-14-4-3-5-17(15(14)2)20-18(23)12-21-7-9-22(10-8-21)19(24)16-6-11-25-13-16/h6,11,13-15,17H,3-5,7-10,12H2,1-2H3,(H,20,23). The lowest BCUT2D eigenvalue weighted by Gasteiger charge is -2.36. The smallest absolute Gasteiger partial charge is 0.257 e. The Hall–Kier alpha value is -1.82. The van der Waals surface area contributed by atoms with Crippen molar-refractivity contribution in [1.82, 2.24) is 15.1 Å². The first kappa shape index (κ1) is 18.0. The zero-order valence-corrected chi connectivity index (χ0v) is 15.2. The average Bonchev–Trinajstić information content (AvgIpc) is 3.13. The van der Waals surface area contributed by atoms with E-state index in [9.17, 15) is 9.59 Å². The second-order valence-corrected chi connectivity index (χ2v) is 7.52. The summed E-state index contributed by atoms with van der Waals surface area (Å²) in [5, 5.41) is 3.23. The maximum atomic E-state index is 12.4. The van der Waals surface area contributed by atoms with E-state index in [2.05, 4.69) is 24.1 Å². The zero-order valence-electron chi connectivity index (χ0n) is 15.2. The SMILES string of the molecule is CC1CCCC(NC(=O)CN2CCN(C(=O)c3ccoc3)CC2)C1C. The summed E-state index contributed by atoms with van der Waals surface area (Å²) in [5.74, 6) is 1.34. The molecule has 1 saturated carbocycles. The molecule has 1 aliphatic carbocycles. The van der Waals surface area contributed by atoms with Gasteiger partial charge in [-0.05, 0) is 24.3 Å². The molecule has 138 valence electrons. The summed E-state index contributed by atoms with van der Waals surface area (Å²) in [6, 6.07) is 1.99. The Morgan fingerprint density at radius 3 is 2.64 bits per heavy atom. The first-order chi connectivity index (χ1) is 12.0. The van der Waals surface area contributed by atoms with Gasteiger partial charge in [-0.25, -0.2) is 0 Å². The molecule has 3 unspecified atom stereocenters. The lowest BCUT2D eigenvalue weighted by Crippen LogP contribution is -2.53. The molecule has 0 spiro atoms. The summed E-state index contributed by atoms with van der Waals surface area (Å²) in [7, 11) is 0. The van der Waals surface area contributed by atoms with E-state index in [4.69, 9.17) is 4.42 Å². The van der Waals surface area contributed by atoms with Crippen LogP contribution in [0, 0.1) is 11.8 Å². The molecule has 1 aromatic rings. The van der Waals surface area contributed by atoms with Crippen LogP contribution in [0.3, 0.4) is 0 Å². The summed E-state index contributed by atoms with van der Waals surface area (Å²) in [4.78, 5) is 28.6. The molecule has 1 aliphatic heterocycles. The van der Waals surface area contributed by atoms with E-state index < -0.39 is 0 Å². The first-order valence-electron chi connectivity index (χ1n) is 9.38. The highest BCUT2D eigenvalue weighted by atomic mass is 16.3. The van der Waals surface area contributed by atoms with Gasteiger partial charge in [0, 0.05) is 32.2 Å². The highest BCUT2D eigenvalue weighted by Gasteiger charge is 2.29. The van der Waals surface area contributed by atoms with E-state index in [1.165, 1.54) is 25.4 Å². The van der Waals surface area contributed by atoms with Gasteiger partial charge in [-0.3, -0.25) is 14.5 Å². The number of carbonyl (C=O) groups is 2. The molecule has 3 atom stereocenters. The van der Waals surface area contributed by atoms with Crippen LogP contribution in [0.25, 0.3) is 0 Å². The van der Waals surface area contributed by atoms with Crippen molar-refractivity contribution < 1.29 is 14.0 Å². The second kappa shape index (κ2) is 8.04. The van der Waals surface area contributed by atoms with Crippen LogP contribution in [0.4, 0.5) is 0 Å². The Morgan fingerprint density at radius 1 is 1.20 bits per heavy atom. The van der Waals surface area contributed by atoms with Crippen LogP contribution in [0.15, 0.2) is 23.0 Å². The van der Waals surface area contributed by atoms with Gasteiger partial charge in [0.2, 0.25) is 5.91 Å². The van der Waals surface area contributed by atoms with Crippen LogP contribution in [-0.4, -0.2) is 60.4 Å². The van der Waals surface area contributed by atoms with Crippen molar-refractivity contribution in [2.45, 2.75) is 39.2 Å².